The molecule has 0 bridgehead atoms. The van der Waals surface area contributed by atoms with E-state index in [-0.39, 0.29) is 5.69 Å². The number of para-hydroxylation sites is 1. The molecule has 2 aromatic carbocycles. The van der Waals surface area contributed by atoms with E-state index in [1.807, 2.05) is 36.4 Å². The highest BCUT2D eigenvalue weighted by atomic mass is 35.5. The molecule has 0 radical (unpaired) electrons. The summed E-state index contributed by atoms with van der Waals surface area (Å²) in [5.74, 6) is 0.494. The lowest BCUT2D eigenvalue weighted by Crippen LogP contribution is -2.17. The lowest BCUT2D eigenvalue weighted by Gasteiger charge is -1.97. The van der Waals surface area contributed by atoms with Gasteiger partial charge in [-0.25, -0.2) is 9.78 Å². The van der Waals surface area contributed by atoms with Crippen LogP contribution >= 0.6 is 11.6 Å². The lowest BCUT2D eigenvalue weighted by molar-refractivity contribution is 0.885. The highest BCUT2D eigenvalue weighted by molar-refractivity contribution is 6.30. The van der Waals surface area contributed by atoms with Crippen molar-refractivity contribution in [2.24, 2.45) is 0 Å². The van der Waals surface area contributed by atoms with Gasteiger partial charge >= 0.3 is 5.69 Å². The number of benzene rings is 2. The summed E-state index contributed by atoms with van der Waals surface area (Å²) in [7, 11) is 0. The Hall–Kier alpha value is -2.66. The van der Waals surface area contributed by atoms with Crippen LogP contribution in [0.2, 0.25) is 5.02 Å². The molecule has 0 aliphatic heterocycles. The predicted octanol–water partition coefficient (Wildman–Crippen LogP) is 2.89. The van der Waals surface area contributed by atoms with Gasteiger partial charge in [-0.05, 0) is 36.4 Å². The van der Waals surface area contributed by atoms with Crippen LogP contribution in [0.3, 0.4) is 0 Å². The number of hydrogen-bond acceptors (Lipinski definition) is 3. The normalized spacial score (nSPS) is 11.3. The Bertz CT molecular complexity index is 1020. The third-order valence-corrected chi connectivity index (χ3v) is 3.56. The zero-order chi connectivity index (χ0) is 14.4. The standard InChI is InChI=1S/C15H9ClN4O/c16-10-7-5-9(6-8-10)13-18-14-11-3-1-2-4-12(11)17-15(21)20(14)19-13/h1-8H,(H,17,21). The maximum Gasteiger partial charge on any atom is 0.348 e. The van der Waals surface area contributed by atoms with Crippen LogP contribution in [0.4, 0.5) is 0 Å². The number of hydrogen-bond donors (Lipinski definition) is 1. The SMILES string of the molecule is O=c1[nH]c2ccccc2c2nc(-c3ccc(Cl)cc3)nn12. The fourth-order valence-electron chi connectivity index (χ4n) is 2.30. The number of nitrogens with zero attached hydrogens (tertiary/aromatic N) is 3. The minimum Gasteiger partial charge on any atom is -0.305 e. The van der Waals surface area contributed by atoms with E-state index >= 15 is 0 Å². The number of fused-ring (bicyclic) bond motifs is 3. The molecule has 0 amide bonds. The minimum atomic E-state index is -0.309. The Labute approximate surface area is 123 Å². The second-order valence-electron chi connectivity index (χ2n) is 4.65. The minimum absolute atomic E-state index is 0.309. The van der Waals surface area contributed by atoms with E-state index in [2.05, 4.69) is 15.1 Å². The summed E-state index contributed by atoms with van der Waals surface area (Å²) in [4.78, 5) is 19.4. The van der Waals surface area contributed by atoms with Gasteiger partial charge in [-0.3, -0.25) is 0 Å². The highest BCUT2D eigenvalue weighted by Crippen LogP contribution is 2.21. The van der Waals surface area contributed by atoms with Crippen LogP contribution in [-0.4, -0.2) is 19.6 Å². The Kier molecular flexibility index (Phi) is 2.55. The van der Waals surface area contributed by atoms with Gasteiger partial charge in [0.2, 0.25) is 0 Å². The number of H-pyrrole nitrogens is 1. The molecule has 2 heterocycles. The van der Waals surface area contributed by atoms with Crippen LogP contribution in [0, 0.1) is 0 Å². The highest BCUT2D eigenvalue weighted by Gasteiger charge is 2.11. The van der Waals surface area contributed by atoms with E-state index in [0.29, 0.717) is 16.5 Å². The molecule has 21 heavy (non-hydrogen) atoms. The Morgan fingerprint density at radius 3 is 2.62 bits per heavy atom. The summed E-state index contributed by atoms with van der Waals surface area (Å²) in [6, 6.07) is 14.7. The number of nitrogens with one attached hydrogen (secondary N) is 1. The molecule has 1 N–H and O–H groups in total. The van der Waals surface area contributed by atoms with Gasteiger partial charge in [-0.1, -0.05) is 23.7 Å². The summed E-state index contributed by atoms with van der Waals surface area (Å²) < 4.78 is 1.28. The average Bonchev–Trinajstić information content (AvgIpc) is 2.94. The van der Waals surface area contributed by atoms with Crippen LogP contribution < -0.4 is 5.69 Å². The van der Waals surface area contributed by atoms with Crippen LogP contribution in [0.5, 0.6) is 0 Å². The molecule has 6 heteroatoms. The average molecular weight is 297 g/mol. The predicted molar refractivity (Wildman–Crippen MR) is 81.6 cm³/mol. The van der Waals surface area contributed by atoms with Crippen molar-refractivity contribution < 1.29 is 0 Å². The van der Waals surface area contributed by atoms with Crippen LogP contribution in [0.25, 0.3) is 27.9 Å². The van der Waals surface area contributed by atoms with Gasteiger partial charge in [-0.2, -0.15) is 4.52 Å². The second-order valence-corrected chi connectivity index (χ2v) is 5.09. The quantitative estimate of drug-likeness (QED) is 0.587. The van der Waals surface area contributed by atoms with Gasteiger partial charge in [0.1, 0.15) is 0 Å². The van der Waals surface area contributed by atoms with E-state index in [1.54, 1.807) is 12.1 Å². The molecule has 4 rings (SSSR count). The zero-order valence-electron chi connectivity index (χ0n) is 10.7. The van der Waals surface area contributed by atoms with E-state index in [9.17, 15) is 4.79 Å². The maximum absolute atomic E-state index is 12.1. The van der Waals surface area contributed by atoms with Crippen molar-refractivity contribution in [2.45, 2.75) is 0 Å². The van der Waals surface area contributed by atoms with Gasteiger partial charge in [0.25, 0.3) is 0 Å². The molecule has 102 valence electrons. The van der Waals surface area contributed by atoms with Crippen molar-refractivity contribution in [1.29, 1.82) is 0 Å². The van der Waals surface area contributed by atoms with Crippen molar-refractivity contribution in [1.82, 2.24) is 19.6 Å². The number of rotatable bonds is 1. The third-order valence-electron chi connectivity index (χ3n) is 3.31. The van der Waals surface area contributed by atoms with Gasteiger partial charge in [0, 0.05) is 16.0 Å². The molecule has 2 aromatic heterocycles. The molecule has 0 unspecified atom stereocenters. The summed E-state index contributed by atoms with van der Waals surface area (Å²) in [5.41, 5.74) is 1.78. The largest absolute Gasteiger partial charge is 0.348 e. The summed E-state index contributed by atoms with van der Waals surface area (Å²) in [6.45, 7) is 0. The number of halogens is 1. The molecular formula is C15H9ClN4O. The molecule has 0 aliphatic rings. The molecule has 5 nitrogen and oxygen atoms in total. The molecule has 0 saturated carbocycles. The third kappa shape index (κ3) is 1.90. The van der Waals surface area contributed by atoms with Gasteiger partial charge in [0.05, 0.1) is 5.52 Å². The van der Waals surface area contributed by atoms with E-state index in [1.165, 1.54) is 4.52 Å². The second kappa shape index (κ2) is 4.43. The van der Waals surface area contributed by atoms with Crippen LogP contribution in [0.15, 0.2) is 53.3 Å². The van der Waals surface area contributed by atoms with Crippen molar-refractivity contribution in [3.05, 3.63) is 64.0 Å². The molecule has 4 aromatic rings. The topological polar surface area (TPSA) is 63.0 Å². The number of aromatic nitrogens is 4. The van der Waals surface area contributed by atoms with Crippen LogP contribution in [0.1, 0.15) is 0 Å². The molecule has 0 atom stereocenters. The lowest BCUT2D eigenvalue weighted by atomic mass is 10.2. The maximum atomic E-state index is 12.1. The van der Waals surface area contributed by atoms with E-state index < -0.39 is 0 Å². The first kappa shape index (κ1) is 12.1. The Balaban J connectivity index is 2.05. The van der Waals surface area contributed by atoms with Gasteiger partial charge in [0.15, 0.2) is 11.5 Å². The molecule has 0 aliphatic carbocycles. The molecule has 0 saturated heterocycles. The first-order valence-corrected chi connectivity index (χ1v) is 6.74. The smallest absolute Gasteiger partial charge is 0.305 e. The molecular weight excluding hydrogens is 288 g/mol. The van der Waals surface area contributed by atoms with Crippen molar-refractivity contribution >= 4 is 28.2 Å². The Morgan fingerprint density at radius 2 is 1.81 bits per heavy atom. The fraction of sp³-hybridized carbons (Fsp3) is 0. The van der Waals surface area contributed by atoms with Gasteiger partial charge in [-0.15, -0.1) is 5.10 Å². The van der Waals surface area contributed by atoms with E-state index in [4.69, 9.17) is 11.6 Å². The van der Waals surface area contributed by atoms with Gasteiger partial charge < -0.3 is 4.98 Å². The fourth-order valence-corrected chi connectivity index (χ4v) is 2.43. The van der Waals surface area contributed by atoms with E-state index in [0.717, 1.165) is 16.5 Å². The summed E-state index contributed by atoms with van der Waals surface area (Å²) in [5, 5.41) is 5.78. The summed E-state index contributed by atoms with van der Waals surface area (Å²) >= 11 is 5.88. The summed E-state index contributed by atoms with van der Waals surface area (Å²) in [6.07, 6.45) is 0. The van der Waals surface area contributed by atoms with Crippen LogP contribution in [-0.2, 0) is 0 Å². The molecule has 0 spiro atoms. The van der Waals surface area contributed by atoms with Crippen molar-refractivity contribution in [3.63, 3.8) is 0 Å². The monoisotopic (exact) mass is 296 g/mol. The Morgan fingerprint density at radius 1 is 1.05 bits per heavy atom. The van der Waals surface area contributed by atoms with Crippen molar-refractivity contribution in [3.8, 4) is 11.4 Å². The first-order chi connectivity index (χ1) is 10.2. The van der Waals surface area contributed by atoms with Crippen molar-refractivity contribution in [2.75, 3.05) is 0 Å². The zero-order valence-corrected chi connectivity index (χ0v) is 11.5. The molecule has 0 fully saturated rings. The number of aromatic amines is 1. The first-order valence-electron chi connectivity index (χ1n) is 6.36.